The first-order chi connectivity index (χ1) is 10.7. The van der Waals surface area contributed by atoms with E-state index in [9.17, 15) is 0 Å². The van der Waals surface area contributed by atoms with Crippen molar-refractivity contribution in [3.8, 4) is 5.75 Å². The van der Waals surface area contributed by atoms with E-state index in [1.54, 1.807) is 18.4 Å². The highest BCUT2D eigenvalue weighted by atomic mass is 32.1. The molecule has 1 aromatic carbocycles. The normalized spacial score (nSPS) is 11.3. The second-order valence-corrected chi connectivity index (χ2v) is 6.02. The van der Waals surface area contributed by atoms with E-state index < -0.39 is 0 Å². The Kier molecular flexibility index (Phi) is 6.27. The number of hydrogen-bond donors (Lipinski definition) is 2. The van der Waals surface area contributed by atoms with E-state index in [1.807, 2.05) is 12.1 Å². The molecule has 0 saturated carbocycles. The Morgan fingerprint density at radius 3 is 2.82 bits per heavy atom. The Labute approximate surface area is 136 Å². The molecule has 0 aliphatic rings. The van der Waals surface area contributed by atoms with E-state index in [1.165, 1.54) is 10.4 Å². The fraction of sp³-hybridized carbons (Fsp3) is 0.353. The summed E-state index contributed by atoms with van der Waals surface area (Å²) in [6, 6.07) is 10.4. The van der Waals surface area contributed by atoms with Crippen LogP contribution in [0.25, 0.3) is 0 Å². The number of thiophene rings is 1. The molecule has 1 heterocycles. The molecule has 1 aromatic heterocycles. The standard InChI is InChI=1S/C17H23N3OS/c1-4-18-17(20-12-16-6-5-7-22-16)19-11-14-8-13(2)9-15(10-14)21-3/h5-10H,4,11-12H2,1-3H3,(H2,18,19,20). The molecule has 0 aliphatic heterocycles. The van der Waals surface area contributed by atoms with Gasteiger partial charge in [-0.15, -0.1) is 11.3 Å². The maximum atomic E-state index is 5.31. The maximum absolute atomic E-state index is 5.31. The lowest BCUT2D eigenvalue weighted by molar-refractivity contribution is 0.414. The van der Waals surface area contributed by atoms with Gasteiger partial charge in [0.15, 0.2) is 5.96 Å². The maximum Gasteiger partial charge on any atom is 0.191 e. The topological polar surface area (TPSA) is 45.7 Å². The molecule has 4 nitrogen and oxygen atoms in total. The fourth-order valence-corrected chi connectivity index (χ4v) is 2.77. The molecule has 0 amide bonds. The van der Waals surface area contributed by atoms with Gasteiger partial charge in [0.25, 0.3) is 0 Å². The van der Waals surface area contributed by atoms with Crippen molar-refractivity contribution in [2.24, 2.45) is 4.99 Å². The monoisotopic (exact) mass is 317 g/mol. The first-order valence-corrected chi connectivity index (χ1v) is 8.28. The average molecular weight is 317 g/mol. The minimum absolute atomic E-state index is 0.623. The van der Waals surface area contributed by atoms with Crippen molar-refractivity contribution in [3.63, 3.8) is 0 Å². The zero-order valence-electron chi connectivity index (χ0n) is 13.3. The van der Waals surface area contributed by atoms with Crippen LogP contribution in [0.15, 0.2) is 40.7 Å². The van der Waals surface area contributed by atoms with Crippen molar-refractivity contribution in [2.75, 3.05) is 13.7 Å². The molecule has 22 heavy (non-hydrogen) atoms. The van der Waals surface area contributed by atoms with Gasteiger partial charge < -0.3 is 15.4 Å². The molecule has 2 aromatic rings. The van der Waals surface area contributed by atoms with E-state index in [0.29, 0.717) is 6.54 Å². The molecule has 0 aliphatic carbocycles. The van der Waals surface area contributed by atoms with Crippen LogP contribution >= 0.6 is 11.3 Å². The summed E-state index contributed by atoms with van der Waals surface area (Å²) in [4.78, 5) is 5.94. The summed E-state index contributed by atoms with van der Waals surface area (Å²) in [5.41, 5.74) is 2.33. The summed E-state index contributed by atoms with van der Waals surface area (Å²) in [6.07, 6.45) is 0. The zero-order chi connectivity index (χ0) is 15.8. The van der Waals surface area contributed by atoms with Crippen molar-refractivity contribution in [1.82, 2.24) is 10.6 Å². The van der Waals surface area contributed by atoms with Gasteiger partial charge in [-0.2, -0.15) is 0 Å². The third-order valence-electron chi connectivity index (χ3n) is 3.12. The van der Waals surface area contributed by atoms with E-state index in [4.69, 9.17) is 4.74 Å². The number of nitrogens with zero attached hydrogens (tertiary/aromatic N) is 1. The minimum Gasteiger partial charge on any atom is -0.497 e. The van der Waals surface area contributed by atoms with Crippen LogP contribution in [-0.4, -0.2) is 19.6 Å². The molecule has 5 heteroatoms. The van der Waals surface area contributed by atoms with Gasteiger partial charge in [-0.1, -0.05) is 12.1 Å². The van der Waals surface area contributed by atoms with Crippen LogP contribution in [0, 0.1) is 6.92 Å². The number of nitrogens with one attached hydrogen (secondary N) is 2. The fourth-order valence-electron chi connectivity index (χ4n) is 2.13. The second kappa shape index (κ2) is 8.44. The van der Waals surface area contributed by atoms with Crippen LogP contribution in [0.2, 0.25) is 0 Å². The number of methoxy groups -OCH3 is 1. The van der Waals surface area contributed by atoms with Crippen molar-refractivity contribution in [2.45, 2.75) is 26.9 Å². The predicted molar refractivity (Wildman–Crippen MR) is 93.7 cm³/mol. The minimum atomic E-state index is 0.623. The molecular weight excluding hydrogens is 294 g/mol. The average Bonchev–Trinajstić information content (AvgIpc) is 3.03. The van der Waals surface area contributed by atoms with Crippen molar-refractivity contribution in [3.05, 3.63) is 51.7 Å². The van der Waals surface area contributed by atoms with Crippen LogP contribution in [0.3, 0.4) is 0 Å². The molecule has 0 bridgehead atoms. The largest absolute Gasteiger partial charge is 0.497 e. The molecule has 2 rings (SSSR count). The molecule has 0 saturated heterocycles. The summed E-state index contributed by atoms with van der Waals surface area (Å²) in [5.74, 6) is 1.71. The molecular formula is C17H23N3OS. The SMILES string of the molecule is CCNC(=NCc1cc(C)cc(OC)c1)NCc1cccs1. The molecule has 0 spiro atoms. The quantitative estimate of drug-likeness (QED) is 0.634. The number of guanidine groups is 1. The number of aliphatic imine (C=N–C) groups is 1. The van der Waals surface area contributed by atoms with Crippen molar-refractivity contribution < 1.29 is 4.74 Å². The van der Waals surface area contributed by atoms with Gasteiger partial charge in [-0.25, -0.2) is 4.99 Å². The predicted octanol–water partition coefficient (Wildman–Crippen LogP) is 3.32. The summed E-state index contributed by atoms with van der Waals surface area (Å²) in [6.45, 7) is 6.39. The van der Waals surface area contributed by atoms with Gasteiger partial charge in [0.2, 0.25) is 0 Å². The van der Waals surface area contributed by atoms with Gasteiger partial charge in [0.1, 0.15) is 5.75 Å². The molecule has 0 fully saturated rings. The third kappa shape index (κ3) is 5.07. The highest BCUT2D eigenvalue weighted by molar-refractivity contribution is 7.09. The Morgan fingerprint density at radius 1 is 1.27 bits per heavy atom. The van der Waals surface area contributed by atoms with E-state index in [-0.39, 0.29) is 0 Å². The number of hydrogen-bond acceptors (Lipinski definition) is 3. The summed E-state index contributed by atoms with van der Waals surface area (Å²) >= 11 is 1.74. The number of aryl methyl sites for hydroxylation is 1. The third-order valence-corrected chi connectivity index (χ3v) is 4.00. The van der Waals surface area contributed by atoms with Gasteiger partial charge in [0, 0.05) is 11.4 Å². The summed E-state index contributed by atoms with van der Waals surface area (Å²) < 4.78 is 5.31. The summed E-state index contributed by atoms with van der Waals surface area (Å²) in [5, 5.41) is 8.71. The van der Waals surface area contributed by atoms with Gasteiger partial charge in [-0.3, -0.25) is 0 Å². The van der Waals surface area contributed by atoms with Crippen molar-refractivity contribution >= 4 is 17.3 Å². The molecule has 0 radical (unpaired) electrons. The molecule has 2 N–H and O–H groups in total. The van der Waals surface area contributed by atoms with Crippen molar-refractivity contribution in [1.29, 1.82) is 0 Å². The smallest absolute Gasteiger partial charge is 0.191 e. The molecule has 0 atom stereocenters. The Hall–Kier alpha value is -2.01. The lowest BCUT2D eigenvalue weighted by atomic mass is 10.1. The lowest BCUT2D eigenvalue weighted by Crippen LogP contribution is -2.36. The second-order valence-electron chi connectivity index (χ2n) is 4.99. The van der Waals surface area contributed by atoms with E-state index in [0.717, 1.165) is 30.4 Å². The highest BCUT2D eigenvalue weighted by Gasteiger charge is 2.01. The lowest BCUT2D eigenvalue weighted by Gasteiger charge is -2.11. The van der Waals surface area contributed by atoms with E-state index in [2.05, 4.69) is 53.1 Å². The van der Waals surface area contributed by atoms with Crippen LogP contribution < -0.4 is 15.4 Å². The van der Waals surface area contributed by atoms with Crippen LogP contribution in [-0.2, 0) is 13.1 Å². The highest BCUT2D eigenvalue weighted by Crippen LogP contribution is 2.17. The number of benzene rings is 1. The van der Waals surface area contributed by atoms with Gasteiger partial charge in [-0.05, 0) is 48.6 Å². The number of ether oxygens (including phenoxy) is 1. The summed E-state index contributed by atoms with van der Waals surface area (Å²) in [7, 11) is 1.69. The van der Waals surface area contributed by atoms with Gasteiger partial charge >= 0.3 is 0 Å². The first-order valence-electron chi connectivity index (χ1n) is 7.40. The Bertz CT molecular complexity index is 608. The number of rotatable bonds is 6. The molecule has 0 unspecified atom stereocenters. The first kappa shape index (κ1) is 16.4. The van der Waals surface area contributed by atoms with Crippen LogP contribution in [0.5, 0.6) is 5.75 Å². The Morgan fingerprint density at radius 2 is 2.14 bits per heavy atom. The van der Waals surface area contributed by atoms with E-state index >= 15 is 0 Å². The van der Waals surface area contributed by atoms with Gasteiger partial charge in [0.05, 0.1) is 20.2 Å². The van der Waals surface area contributed by atoms with Crippen LogP contribution in [0.4, 0.5) is 0 Å². The molecule has 118 valence electrons. The zero-order valence-corrected chi connectivity index (χ0v) is 14.2. The Balaban J connectivity index is 2.01. The van der Waals surface area contributed by atoms with Crippen LogP contribution in [0.1, 0.15) is 22.9 Å².